The third-order valence-corrected chi connectivity index (χ3v) is 5.01. The maximum Gasteiger partial charge on any atom is 2.00 e. The Balaban J connectivity index is 0.00000326. The van der Waals surface area contributed by atoms with Gasteiger partial charge in [0.2, 0.25) is 0 Å². The van der Waals surface area contributed by atoms with E-state index in [4.69, 9.17) is 0 Å². The molecule has 0 aliphatic heterocycles. The molecule has 0 saturated heterocycles. The second kappa shape index (κ2) is 17.0. The standard InChI is InChI=1S/C22H24N2O10.C3H8.Mn/c25-15-7-3-1-5-13(15)19(21(31)32)23(11-17(27)28)9-10-24(12-18(29)30)20(22(33)34)14-6-2-4-8-16(14)26;1-3-2;/h1-8,19-20,25-26H,9-12H2,(H,27,28)(H,29,30)(H,31,32)(H,33,34);3H2,1-2H3;/q;;+2/t19-,20?;;/m0../s1. The van der Waals surface area contributed by atoms with Crippen LogP contribution < -0.4 is 0 Å². The van der Waals surface area contributed by atoms with E-state index in [0.29, 0.717) is 0 Å². The molecule has 0 fully saturated rings. The average Bonchev–Trinajstić information content (AvgIpc) is 2.79. The Morgan fingerprint density at radius 3 is 1.18 bits per heavy atom. The van der Waals surface area contributed by atoms with Gasteiger partial charge in [-0.3, -0.25) is 29.0 Å². The van der Waals surface area contributed by atoms with E-state index in [1.807, 2.05) is 0 Å². The third-order valence-electron chi connectivity index (χ3n) is 5.01. The first kappa shape index (κ1) is 34.4. The van der Waals surface area contributed by atoms with Crippen LogP contribution in [0.25, 0.3) is 0 Å². The molecule has 12 nitrogen and oxygen atoms in total. The Labute approximate surface area is 230 Å². The molecule has 0 heterocycles. The first-order valence-corrected chi connectivity index (χ1v) is 11.4. The number of nitrogens with zero attached hydrogens (tertiary/aromatic N) is 2. The zero-order chi connectivity index (χ0) is 28.1. The molecule has 0 spiro atoms. The fourth-order valence-corrected chi connectivity index (χ4v) is 3.61. The van der Waals surface area contributed by atoms with Gasteiger partial charge in [-0.1, -0.05) is 56.7 Å². The van der Waals surface area contributed by atoms with Crippen molar-refractivity contribution in [3.63, 3.8) is 0 Å². The molecular formula is C25H32MnN2O10+2. The number of para-hydroxylation sites is 2. The number of carbonyl (C=O) groups is 4. The van der Waals surface area contributed by atoms with Gasteiger partial charge in [0.05, 0.1) is 13.1 Å². The number of carboxylic acids is 4. The van der Waals surface area contributed by atoms with Crippen molar-refractivity contribution in [2.75, 3.05) is 26.2 Å². The fraction of sp³-hybridized carbons (Fsp3) is 0.360. The van der Waals surface area contributed by atoms with Gasteiger partial charge in [0, 0.05) is 24.2 Å². The number of hydrogen-bond donors (Lipinski definition) is 6. The molecule has 6 N–H and O–H groups in total. The van der Waals surface area contributed by atoms with Crippen molar-refractivity contribution in [3.05, 3.63) is 59.7 Å². The SMILES string of the molecule is CCC.O=C(O)CN(CCN(CC(=O)O)[C@H](C(=O)O)c1ccccc1O)C(C(=O)O)c1ccccc1O.[Mn+2]. The topological polar surface area (TPSA) is 196 Å². The van der Waals surface area contributed by atoms with Gasteiger partial charge >= 0.3 is 40.9 Å². The Hall–Kier alpha value is -3.64. The maximum absolute atomic E-state index is 12.0. The maximum atomic E-state index is 12.0. The fourth-order valence-electron chi connectivity index (χ4n) is 3.61. The van der Waals surface area contributed by atoms with E-state index in [2.05, 4.69) is 13.8 Å². The molecule has 207 valence electrons. The second-order valence-electron chi connectivity index (χ2n) is 8.03. The number of phenols is 2. The number of phenolic OH excluding ortho intramolecular Hbond substituents is 2. The number of hydrogen-bond acceptors (Lipinski definition) is 8. The first-order chi connectivity index (χ1) is 17.4. The second-order valence-corrected chi connectivity index (χ2v) is 8.03. The molecule has 13 heteroatoms. The van der Waals surface area contributed by atoms with Gasteiger partial charge in [-0.05, 0) is 12.1 Å². The summed E-state index contributed by atoms with van der Waals surface area (Å²) in [6.45, 7) is 1.89. The predicted octanol–water partition coefficient (Wildman–Crippen LogP) is 2.24. The molecule has 1 unspecified atom stereocenters. The van der Waals surface area contributed by atoms with Gasteiger partial charge in [-0.2, -0.15) is 0 Å². The Bertz CT molecular complexity index is 998. The quantitative estimate of drug-likeness (QED) is 0.191. The first-order valence-electron chi connectivity index (χ1n) is 11.4. The summed E-state index contributed by atoms with van der Waals surface area (Å²) >= 11 is 0. The van der Waals surface area contributed by atoms with Gasteiger partial charge in [0.15, 0.2) is 0 Å². The van der Waals surface area contributed by atoms with E-state index in [1.165, 1.54) is 55.0 Å². The Kier molecular flexibility index (Phi) is 15.4. The van der Waals surface area contributed by atoms with Crippen LogP contribution in [-0.2, 0) is 36.2 Å². The molecule has 0 aliphatic carbocycles. The van der Waals surface area contributed by atoms with Crippen LogP contribution in [0.4, 0.5) is 0 Å². The van der Waals surface area contributed by atoms with Crippen molar-refractivity contribution < 1.29 is 66.9 Å². The molecule has 0 aliphatic rings. The number of aromatic hydroxyl groups is 2. The van der Waals surface area contributed by atoms with Gasteiger partial charge in [-0.15, -0.1) is 0 Å². The van der Waals surface area contributed by atoms with E-state index in [1.54, 1.807) is 0 Å². The molecule has 1 radical (unpaired) electrons. The summed E-state index contributed by atoms with van der Waals surface area (Å²) < 4.78 is 0. The van der Waals surface area contributed by atoms with Crippen LogP contribution >= 0.6 is 0 Å². The van der Waals surface area contributed by atoms with Crippen LogP contribution in [0.3, 0.4) is 0 Å². The molecule has 2 aromatic carbocycles. The molecule has 38 heavy (non-hydrogen) atoms. The van der Waals surface area contributed by atoms with Gasteiger partial charge in [0.25, 0.3) is 0 Å². The normalized spacial score (nSPS) is 12.0. The van der Waals surface area contributed by atoms with Crippen molar-refractivity contribution in [1.82, 2.24) is 9.80 Å². The van der Waals surface area contributed by atoms with Gasteiger partial charge < -0.3 is 30.6 Å². The number of aliphatic carboxylic acids is 4. The van der Waals surface area contributed by atoms with E-state index < -0.39 is 49.1 Å². The zero-order valence-electron chi connectivity index (χ0n) is 20.9. The Morgan fingerprint density at radius 2 is 0.947 bits per heavy atom. The minimum absolute atomic E-state index is 0. The van der Waals surface area contributed by atoms with E-state index >= 15 is 0 Å². The summed E-state index contributed by atoms with van der Waals surface area (Å²) in [6.07, 6.45) is 1.25. The van der Waals surface area contributed by atoms with Crippen LogP contribution in [0.5, 0.6) is 11.5 Å². The van der Waals surface area contributed by atoms with Crippen LogP contribution in [0.2, 0.25) is 0 Å². The zero-order valence-corrected chi connectivity index (χ0v) is 22.1. The predicted molar refractivity (Wildman–Crippen MR) is 131 cm³/mol. The van der Waals surface area contributed by atoms with Crippen LogP contribution in [-0.4, -0.2) is 90.5 Å². The van der Waals surface area contributed by atoms with Gasteiger partial charge in [0.1, 0.15) is 23.6 Å². The smallest absolute Gasteiger partial charge is 0.508 e. The van der Waals surface area contributed by atoms with Crippen molar-refractivity contribution >= 4 is 23.9 Å². The van der Waals surface area contributed by atoms with Crippen LogP contribution in [0.1, 0.15) is 43.5 Å². The van der Waals surface area contributed by atoms with Crippen LogP contribution in [0.15, 0.2) is 48.5 Å². The molecule has 0 aromatic heterocycles. The summed E-state index contributed by atoms with van der Waals surface area (Å²) in [5.74, 6) is -6.48. The summed E-state index contributed by atoms with van der Waals surface area (Å²) in [4.78, 5) is 48.9. The minimum Gasteiger partial charge on any atom is -0.508 e. The summed E-state index contributed by atoms with van der Waals surface area (Å²) in [5, 5.41) is 58.4. The molecule has 0 amide bonds. The summed E-state index contributed by atoms with van der Waals surface area (Å²) in [5.41, 5.74) is -0.173. The van der Waals surface area contributed by atoms with E-state index in [9.17, 15) is 49.8 Å². The van der Waals surface area contributed by atoms with Crippen molar-refractivity contribution in [2.45, 2.75) is 32.4 Å². The Morgan fingerprint density at radius 1 is 0.658 bits per heavy atom. The molecule has 2 rings (SSSR count). The number of rotatable bonds is 13. The number of carboxylic acid groups (broad SMARTS) is 4. The molecular weight excluding hydrogens is 543 g/mol. The number of benzene rings is 2. The summed E-state index contributed by atoms with van der Waals surface area (Å²) in [6, 6.07) is 7.68. The molecule has 2 aromatic rings. The minimum atomic E-state index is -1.61. The van der Waals surface area contributed by atoms with E-state index in [-0.39, 0.29) is 52.8 Å². The van der Waals surface area contributed by atoms with E-state index in [0.717, 1.165) is 9.80 Å². The largest absolute Gasteiger partial charge is 2.00 e. The monoisotopic (exact) mass is 575 g/mol. The molecule has 0 saturated carbocycles. The van der Waals surface area contributed by atoms with Crippen molar-refractivity contribution in [3.8, 4) is 11.5 Å². The van der Waals surface area contributed by atoms with Crippen molar-refractivity contribution in [2.24, 2.45) is 0 Å². The van der Waals surface area contributed by atoms with Crippen molar-refractivity contribution in [1.29, 1.82) is 0 Å². The molecule has 0 bridgehead atoms. The average molecular weight is 575 g/mol. The summed E-state index contributed by atoms with van der Waals surface area (Å²) in [7, 11) is 0. The molecule has 2 atom stereocenters. The van der Waals surface area contributed by atoms with Crippen LogP contribution in [0, 0.1) is 0 Å². The third kappa shape index (κ3) is 10.4. The van der Waals surface area contributed by atoms with Gasteiger partial charge in [-0.25, -0.2) is 0 Å².